The van der Waals surface area contributed by atoms with E-state index >= 15 is 0 Å². The van der Waals surface area contributed by atoms with E-state index in [4.69, 9.17) is 0 Å². The molecule has 0 spiro atoms. The van der Waals surface area contributed by atoms with Gasteiger partial charge in [-0.25, -0.2) is 0 Å². The smallest absolute Gasteiger partial charge is 0.275 e. The minimum absolute atomic E-state index is 0.120. The minimum Gasteiger partial charge on any atom is -0.359 e. The van der Waals surface area contributed by atoms with E-state index < -0.39 is 0 Å². The Morgan fingerprint density at radius 2 is 1.95 bits per heavy atom. The van der Waals surface area contributed by atoms with Crippen LogP contribution < -0.4 is 15.8 Å². The molecule has 3 rings (SSSR count). The third kappa shape index (κ3) is 1.99. The maximum absolute atomic E-state index is 11.3. The number of nitrogens with one attached hydrogen (secondary N) is 2. The van der Waals surface area contributed by atoms with Crippen molar-refractivity contribution in [3.63, 3.8) is 0 Å². The zero-order valence-corrected chi connectivity index (χ0v) is 10.1. The summed E-state index contributed by atoms with van der Waals surface area (Å²) in [5.74, 6) is 0. The highest BCUT2D eigenvalue weighted by Gasteiger charge is 2.18. The van der Waals surface area contributed by atoms with Crippen LogP contribution in [0.25, 0.3) is 11.0 Å². The molecule has 0 atom stereocenters. The van der Waals surface area contributed by atoms with Gasteiger partial charge in [0.2, 0.25) is 5.52 Å². The van der Waals surface area contributed by atoms with Crippen LogP contribution in [-0.4, -0.2) is 5.16 Å². The summed E-state index contributed by atoms with van der Waals surface area (Å²) in [6.45, 7) is 0. The van der Waals surface area contributed by atoms with Crippen LogP contribution in [0.15, 0.2) is 52.3 Å². The van der Waals surface area contributed by atoms with E-state index in [2.05, 4.69) is 25.8 Å². The first-order chi connectivity index (χ1) is 9.79. The molecule has 3 aromatic rings. The van der Waals surface area contributed by atoms with Crippen molar-refractivity contribution in [3.05, 3.63) is 52.6 Å². The standard InChI is InChI=1S/C12H9N5O3/c18-15-9-6-7-10-12(16-20-17(10)19)11(9)14-13-8-4-2-1-3-5-8/h1-7,13-14H. The van der Waals surface area contributed by atoms with E-state index in [1.54, 1.807) is 0 Å². The van der Waals surface area contributed by atoms with Crippen molar-refractivity contribution < 1.29 is 9.53 Å². The number of hydrogen-bond acceptors (Lipinski definition) is 7. The number of rotatable bonds is 4. The molecule has 2 N–H and O–H groups in total. The van der Waals surface area contributed by atoms with Crippen molar-refractivity contribution in [2.75, 3.05) is 10.9 Å². The Hall–Kier alpha value is -3.16. The number of para-hydroxylation sites is 1. The SMILES string of the molecule is O=Nc1ccc2c(no[n+]2[O-])c1NNc1ccccc1. The van der Waals surface area contributed by atoms with Crippen LogP contribution in [0.5, 0.6) is 0 Å². The van der Waals surface area contributed by atoms with E-state index in [0.717, 1.165) is 5.69 Å². The highest BCUT2D eigenvalue weighted by molar-refractivity contribution is 5.93. The number of hydrazine groups is 1. The number of nitrogens with zero attached hydrogens (tertiary/aromatic N) is 3. The molecule has 0 fully saturated rings. The number of benzene rings is 2. The minimum atomic E-state index is 0.120. The summed E-state index contributed by atoms with van der Waals surface area (Å²) in [7, 11) is 0. The fraction of sp³-hybridized carbons (Fsp3) is 0. The fourth-order valence-electron chi connectivity index (χ4n) is 1.79. The topological polar surface area (TPSA) is 106 Å². The van der Waals surface area contributed by atoms with Gasteiger partial charge in [0.25, 0.3) is 5.52 Å². The van der Waals surface area contributed by atoms with Crippen molar-refractivity contribution in [2.45, 2.75) is 0 Å². The first kappa shape index (κ1) is 11.9. The van der Waals surface area contributed by atoms with Gasteiger partial charge < -0.3 is 10.6 Å². The molecule has 1 heterocycles. The van der Waals surface area contributed by atoms with Gasteiger partial charge in [-0.2, -0.15) is 0 Å². The van der Waals surface area contributed by atoms with Gasteiger partial charge in [0, 0.05) is 5.16 Å². The average molecular weight is 271 g/mol. The second-order valence-electron chi connectivity index (χ2n) is 3.96. The van der Waals surface area contributed by atoms with Crippen molar-refractivity contribution >= 4 is 28.1 Å². The van der Waals surface area contributed by atoms with Gasteiger partial charge in [0.15, 0.2) is 0 Å². The number of aromatic nitrogens is 2. The molecular weight excluding hydrogens is 262 g/mol. The van der Waals surface area contributed by atoms with Gasteiger partial charge in [-0.1, -0.05) is 18.2 Å². The van der Waals surface area contributed by atoms with Crippen molar-refractivity contribution in [1.29, 1.82) is 0 Å². The van der Waals surface area contributed by atoms with Crippen LogP contribution in [0.2, 0.25) is 0 Å². The van der Waals surface area contributed by atoms with Crippen molar-refractivity contribution in [1.82, 2.24) is 5.16 Å². The summed E-state index contributed by atoms with van der Waals surface area (Å²) in [6, 6.07) is 12.1. The summed E-state index contributed by atoms with van der Waals surface area (Å²) in [5.41, 5.74) is 7.32. The van der Waals surface area contributed by atoms with Gasteiger partial charge in [-0.3, -0.25) is 10.1 Å². The number of fused-ring (bicyclic) bond motifs is 1. The molecule has 8 nitrogen and oxygen atoms in total. The Bertz CT molecular complexity index is 756. The molecule has 0 saturated heterocycles. The predicted octanol–water partition coefficient (Wildman–Crippen LogP) is 2.30. The van der Waals surface area contributed by atoms with Crippen LogP contribution >= 0.6 is 0 Å². The third-order valence-corrected chi connectivity index (χ3v) is 2.74. The lowest BCUT2D eigenvalue weighted by Gasteiger charge is -2.09. The maximum atomic E-state index is 11.3. The molecule has 0 aliphatic carbocycles. The Morgan fingerprint density at radius 3 is 2.70 bits per heavy atom. The number of anilines is 2. The van der Waals surface area contributed by atoms with Crippen molar-refractivity contribution in [2.24, 2.45) is 5.18 Å². The Labute approximate surface area is 112 Å². The molecule has 0 aliphatic heterocycles. The molecule has 0 saturated carbocycles. The molecular formula is C12H9N5O3. The third-order valence-electron chi connectivity index (χ3n) is 2.74. The zero-order chi connectivity index (χ0) is 13.9. The quantitative estimate of drug-likeness (QED) is 0.428. The summed E-state index contributed by atoms with van der Waals surface area (Å²) in [4.78, 5) is 11.1. The van der Waals surface area contributed by atoms with Crippen molar-refractivity contribution in [3.8, 4) is 0 Å². The normalized spacial score (nSPS) is 10.4. The van der Waals surface area contributed by atoms with Crippen LogP contribution in [0, 0.1) is 10.1 Å². The molecule has 8 heteroatoms. The molecule has 20 heavy (non-hydrogen) atoms. The molecule has 0 aliphatic rings. The van der Waals surface area contributed by atoms with E-state index in [9.17, 15) is 10.1 Å². The highest BCUT2D eigenvalue weighted by Crippen LogP contribution is 2.31. The van der Waals surface area contributed by atoms with E-state index in [0.29, 0.717) is 0 Å². The number of nitroso groups, excluding NO2 is 1. The van der Waals surface area contributed by atoms with Gasteiger partial charge in [-0.15, -0.1) is 4.91 Å². The van der Waals surface area contributed by atoms with Crippen LogP contribution in [0.1, 0.15) is 0 Å². The lowest BCUT2D eigenvalue weighted by Crippen LogP contribution is -2.22. The van der Waals surface area contributed by atoms with Crippen LogP contribution in [0.4, 0.5) is 17.1 Å². The summed E-state index contributed by atoms with van der Waals surface area (Å²) >= 11 is 0. The molecule has 0 bridgehead atoms. The lowest BCUT2D eigenvalue weighted by molar-refractivity contribution is -0.782. The number of hydrogen-bond donors (Lipinski definition) is 2. The predicted molar refractivity (Wildman–Crippen MR) is 72.1 cm³/mol. The maximum Gasteiger partial charge on any atom is 0.275 e. The molecule has 0 radical (unpaired) electrons. The summed E-state index contributed by atoms with van der Waals surface area (Å²) < 4.78 is 4.51. The average Bonchev–Trinajstić information content (AvgIpc) is 2.87. The fourth-order valence-corrected chi connectivity index (χ4v) is 1.79. The van der Waals surface area contributed by atoms with Gasteiger partial charge >= 0.3 is 0 Å². The van der Waals surface area contributed by atoms with E-state index in [-0.39, 0.29) is 27.3 Å². The first-order valence-corrected chi connectivity index (χ1v) is 5.72. The first-order valence-electron chi connectivity index (χ1n) is 5.72. The lowest BCUT2D eigenvalue weighted by atomic mass is 10.2. The summed E-state index contributed by atoms with van der Waals surface area (Å²) in [6.07, 6.45) is 0. The summed E-state index contributed by atoms with van der Waals surface area (Å²) in [5, 5.41) is 17.8. The van der Waals surface area contributed by atoms with E-state index in [1.165, 1.54) is 12.1 Å². The van der Waals surface area contributed by atoms with E-state index in [1.807, 2.05) is 30.3 Å². The van der Waals surface area contributed by atoms with Gasteiger partial charge in [0.05, 0.1) is 5.69 Å². The van der Waals surface area contributed by atoms with Gasteiger partial charge in [0.1, 0.15) is 11.4 Å². The second kappa shape index (κ2) is 4.84. The highest BCUT2D eigenvalue weighted by atomic mass is 16.8. The largest absolute Gasteiger partial charge is 0.359 e. The van der Waals surface area contributed by atoms with Crippen LogP contribution in [0.3, 0.4) is 0 Å². The molecule has 100 valence electrons. The Morgan fingerprint density at radius 1 is 1.15 bits per heavy atom. The molecule has 2 aromatic carbocycles. The van der Waals surface area contributed by atoms with Crippen LogP contribution in [-0.2, 0) is 0 Å². The molecule has 0 unspecified atom stereocenters. The zero-order valence-electron chi connectivity index (χ0n) is 10.1. The molecule has 1 aromatic heterocycles. The van der Waals surface area contributed by atoms with Gasteiger partial charge in [-0.05, 0) is 34.3 Å². The second-order valence-corrected chi connectivity index (χ2v) is 3.96. The Kier molecular flexibility index (Phi) is 2.88. The monoisotopic (exact) mass is 271 g/mol. The Balaban J connectivity index is 1.98. The molecule has 0 amide bonds.